The quantitative estimate of drug-likeness (QED) is 0.456. The average molecular weight is 489 g/mol. The van der Waals surface area contributed by atoms with E-state index in [2.05, 4.69) is 11.8 Å². The third-order valence-electron chi connectivity index (χ3n) is 6.29. The van der Waals surface area contributed by atoms with Crippen LogP contribution in [0.5, 0.6) is 5.75 Å². The fourth-order valence-electron chi connectivity index (χ4n) is 4.67. The monoisotopic (exact) mass is 488 g/mol. The second-order valence-corrected chi connectivity index (χ2v) is 10.7. The number of hydrogen-bond donors (Lipinski definition) is 0. The number of likely N-dealkylation sites (N-methyl/N-ethyl adjacent to an activating group) is 1. The van der Waals surface area contributed by atoms with Crippen LogP contribution >= 0.6 is 12.0 Å². The number of carbonyl (C=O) groups is 1. The minimum Gasteiger partial charge on any atom is -0.444 e. The molecule has 1 fully saturated rings. The lowest BCUT2D eigenvalue weighted by Gasteiger charge is -2.39. The molecule has 1 unspecified atom stereocenters. The summed E-state index contributed by atoms with van der Waals surface area (Å²) in [5, 5.41) is 0. The van der Waals surface area contributed by atoms with E-state index in [1.165, 1.54) is 5.56 Å². The molecule has 5 nitrogen and oxygen atoms in total. The molecule has 1 aromatic carbocycles. The molecule has 1 saturated heterocycles. The van der Waals surface area contributed by atoms with Crippen LogP contribution in [0.4, 0.5) is 18.0 Å². The highest BCUT2D eigenvalue weighted by atomic mass is 32.2. The highest BCUT2D eigenvalue weighted by Gasteiger charge is 2.32. The topological polar surface area (TPSA) is 42.0 Å². The average Bonchev–Trinajstić information content (AvgIpc) is 2.74. The van der Waals surface area contributed by atoms with Crippen molar-refractivity contribution < 1.29 is 26.9 Å². The van der Waals surface area contributed by atoms with E-state index < -0.39 is 23.2 Å². The van der Waals surface area contributed by atoms with E-state index in [9.17, 15) is 18.0 Å². The Kier molecular flexibility index (Phi) is 8.48. The number of fused-ring (bicyclic) bond motifs is 1. The van der Waals surface area contributed by atoms with Gasteiger partial charge in [0.25, 0.3) is 0 Å². The Hall–Kier alpha value is -1.61. The molecule has 1 aliphatic carbocycles. The lowest BCUT2D eigenvalue weighted by Crippen LogP contribution is -2.46. The molecule has 0 bridgehead atoms. The van der Waals surface area contributed by atoms with Gasteiger partial charge in [-0.1, -0.05) is 13.0 Å². The Morgan fingerprint density at radius 1 is 1.15 bits per heavy atom. The van der Waals surface area contributed by atoms with Crippen LogP contribution in [0.25, 0.3) is 0 Å². The Morgan fingerprint density at radius 2 is 1.85 bits per heavy atom. The predicted molar refractivity (Wildman–Crippen MR) is 124 cm³/mol. The number of hydrogen-bond acceptors (Lipinski definition) is 5. The van der Waals surface area contributed by atoms with E-state index in [4.69, 9.17) is 8.92 Å². The van der Waals surface area contributed by atoms with Crippen molar-refractivity contribution in [1.29, 1.82) is 0 Å². The molecule has 0 saturated carbocycles. The van der Waals surface area contributed by atoms with Crippen molar-refractivity contribution >= 4 is 18.1 Å². The number of amides is 1. The standard InChI is InChI=1S/C24H35F3N2O3S/c1-5-28(16-17-10-12-29(13-11-17)22(30)31-23(2,3)4)20-8-6-18-7-9-21(15-19(18)14-20)32-33-24(25,26)27/h7,9,15,17,20H,5-6,8,10-14,16H2,1-4H3. The minimum absolute atomic E-state index is 0.237. The molecule has 0 N–H and O–H groups in total. The lowest BCUT2D eigenvalue weighted by atomic mass is 9.86. The molecule has 1 aliphatic heterocycles. The van der Waals surface area contributed by atoms with Gasteiger partial charge in [0.05, 0.1) is 0 Å². The molecule has 0 spiro atoms. The third kappa shape index (κ3) is 7.98. The third-order valence-corrected chi connectivity index (χ3v) is 6.76. The predicted octanol–water partition coefficient (Wildman–Crippen LogP) is 6.06. The van der Waals surface area contributed by atoms with E-state index in [0.29, 0.717) is 25.0 Å². The van der Waals surface area contributed by atoms with Gasteiger partial charge in [0.15, 0.2) is 12.0 Å². The normalized spacial score (nSPS) is 20.0. The van der Waals surface area contributed by atoms with E-state index in [-0.39, 0.29) is 11.8 Å². The minimum atomic E-state index is -4.42. The maximum atomic E-state index is 12.5. The summed E-state index contributed by atoms with van der Waals surface area (Å²) in [5.74, 6) is 0.761. The van der Waals surface area contributed by atoms with Crippen LogP contribution in [-0.2, 0) is 17.6 Å². The van der Waals surface area contributed by atoms with E-state index in [1.54, 1.807) is 17.0 Å². The second-order valence-electron chi connectivity index (χ2n) is 9.94. The molecule has 1 heterocycles. The van der Waals surface area contributed by atoms with Crippen LogP contribution in [0.1, 0.15) is 58.1 Å². The molecule has 33 heavy (non-hydrogen) atoms. The molecular weight excluding hydrogens is 453 g/mol. The van der Waals surface area contributed by atoms with Crippen molar-refractivity contribution in [2.24, 2.45) is 5.92 Å². The Balaban J connectivity index is 1.53. The molecule has 1 amide bonds. The van der Waals surface area contributed by atoms with Crippen molar-refractivity contribution in [3.8, 4) is 5.75 Å². The molecule has 0 aromatic heterocycles. The van der Waals surface area contributed by atoms with Gasteiger partial charge in [0.2, 0.25) is 0 Å². The van der Waals surface area contributed by atoms with E-state index in [0.717, 1.165) is 50.8 Å². The molecule has 1 atom stereocenters. The first kappa shape index (κ1) is 26.0. The number of rotatable bonds is 6. The zero-order chi connectivity index (χ0) is 24.2. The number of halogens is 3. The van der Waals surface area contributed by atoms with Gasteiger partial charge in [-0.3, -0.25) is 0 Å². The summed E-state index contributed by atoms with van der Waals surface area (Å²) in [4.78, 5) is 16.6. The first-order valence-electron chi connectivity index (χ1n) is 11.7. The lowest BCUT2D eigenvalue weighted by molar-refractivity contribution is -0.0369. The van der Waals surface area contributed by atoms with Crippen LogP contribution < -0.4 is 4.18 Å². The smallest absolute Gasteiger partial charge is 0.444 e. The van der Waals surface area contributed by atoms with Gasteiger partial charge in [-0.15, -0.1) is 0 Å². The summed E-state index contributed by atoms with van der Waals surface area (Å²) in [7, 11) is 0. The number of alkyl halides is 3. The van der Waals surface area contributed by atoms with Gasteiger partial charge in [0, 0.05) is 25.7 Å². The Labute approximate surface area is 199 Å². The maximum absolute atomic E-state index is 12.5. The number of benzene rings is 1. The fourth-order valence-corrected chi connectivity index (χ4v) is 4.96. The summed E-state index contributed by atoms with van der Waals surface area (Å²) in [6, 6.07) is 5.62. The second kappa shape index (κ2) is 10.8. The molecule has 1 aromatic rings. The zero-order valence-electron chi connectivity index (χ0n) is 19.9. The maximum Gasteiger partial charge on any atom is 0.479 e. The molecule has 3 rings (SSSR count). The van der Waals surface area contributed by atoms with Gasteiger partial charge in [-0.2, -0.15) is 13.2 Å². The molecule has 186 valence electrons. The van der Waals surface area contributed by atoms with E-state index in [1.807, 2.05) is 26.8 Å². The molecule has 2 aliphatic rings. The first-order valence-corrected chi connectivity index (χ1v) is 12.4. The number of nitrogens with zero attached hydrogens (tertiary/aromatic N) is 2. The van der Waals surface area contributed by atoms with Crippen LogP contribution in [0.15, 0.2) is 18.2 Å². The number of ether oxygens (including phenoxy) is 1. The summed E-state index contributed by atoms with van der Waals surface area (Å²) < 4.78 is 47.7. The Bertz CT molecular complexity index is 805. The largest absolute Gasteiger partial charge is 0.479 e. The summed E-state index contributed by atoms with van der Waals surface area (Å²) in [6.45, 7) is 11.1. The van der Waals surface area contributed by atoms with Crippen molar-refractivity contribution in [2.45, 2.75) is 77.0 Å². The highest BCUT2D eigenvalue weighted by molar-refractivity contribution is 7.95. The van der Waals surface area contributed by atoms with Crippen molar-refractivity contribution in [3.63, 3.8) is 0 Å². The summed E-state index contributed by atoms with van der Waals surface area (Å²) in [5.41, 5.74) is -2.64. The SMILES string of the molecule is CCN(CC1CCN(C(=O)OC(C)(C)C)CC1)C1CCc2ccc(OSC(F)(F)F)cc2C1. The van der Waals surface area contributed by atoms with Crippen molar-refractivity contribution in [3.05, 3.63) is 29.3 Å². The summed E-state index contributed by atoms with van der Waals surface area (Å²) in [6.07, 6.45) is 4.43. The van der Waals surface area contributed by atoms with Gasteiger partial charge >= 0.3 is 11.6 Å². The number of aryl methyl sites for hydroxylation is 1. The zero-order valence-corrected chi connectivity index (χ0v) is 20.7. The first-order chi connectivity index (χ1) is 15.4. The van der Waals surface area contributed by atoms with E-state index >= 15 is 0 Å². The van der Waals surface area contributed by atoms with Gasteiger partial charge < -0.3 is 18.7 Å². The van der Waals surface area contributed by atoms with Crippen LogP contribution in [0.3, 0.4) is 0 Å². The van der Waals surface area contributed by atoms with Crippen LogP contribution in [0, 0.1) is 5.92 Å². The van der Waals surface area contributed by atoms with Crippen LogP contribution in [-0.4, -0.2) is 59.2 Å². The number of likely N-dealkylation sites (tertiary alicyclic amines) is 1. The molecular formula is C24H35F3N2O3S. The molecule has 9 heteroatoms. The van der Waals surface area contributed by atoms with Crippen molar-refractivity contribution in [2.75, 3.05) is 26.2 Å². The van der Waals surface area contributed by atoms with Gasteiger partial charge in [-0.05, 0) is 88.6 Å². The number of carbonyl (C=O) groups excluding carboxylic acids is 1. The van der Waals surface area contributed by atoms with Gasteiger partial charge in [-0.25, -0.2) is 4.79 Å². The van der Waals surface area contributed by atoms with Crippen LogP contribution in [0.2, 0.25) is 0 Å². The fraction of sp³-hybridized carbons (Fsp3) is 0.708. The number of piperidine rings is 1. The summed E-state index contributed by atoms with van der Waals surface area (Å²) >= 11 is -0.470. The Morgan fingerprint density at radius 3 is 2.45 bits per heavy atom. The van der Waals surface area contributed by atoms with Crippen molar-refractivity contribution in [1.82, 2.24) is 9.80 Å². The molecule has 0 radical (unpaired) electrons. The van der Waals surface area contributed by atoms with Gasteiger partial charge in [0.1, 0.15) is 11.4 Å². The highest BCUT2D eigenvalue weighted by Crippen LogP contribution is 2.35.